The minimum absolute atomic E-state index is 0.186. The van der Waals surface area contributed by atoms with Crippen molar-refractivity contribution in [1.29, 1.82) is 0 Å². The van der Waals surface area contributed by atoms with Crippen molar-refractivity contribution < 1.29 is 9.84 Å². The summed E-state index contributed by atoms with van der Waals surface area (Å²) < 4.78 is 5.58. The molecule has 0 aromatic rings. The Morgan fingerprint density at radius 1 is 1.64 bits per heavy atom. The molecule has 1 fully saturated rings. The Morgan fingerprint density at radius 3 is 3.00 bits per heavy atom. The maximum absolute atomic E-state index is 9.06. The molecular weight excluding hydrogens is 180 g/mol. The monoisotopic (exact) mass is 202 g/mol. The topological polar surface area (TPSA) is 44.7 Å². The van der Waals surface area contributed by atoms with Gasteiger partial charge in [0.25, 0.3) is 0 Å². The fourth-order valence-electron chi connectivity index (χ4n) is 1.75. The van der Waals surface area contributed by atoms with Crippen molar-refractivity contribution in [1.82, 2.24) is 10.2 Å². The summed E-state index contributed by atoms with van der Waals surface area (Å²) in [6.45, 7) is 6.05. The van der Waals surface area contributed by atoms with Crippen LogP contribution in [0.2, 0.25) is 0 Å². The third kappa shape index (κ3) is 3.53. The Hall–Kier alpha value is -0.160. The van der Waals surface area contributed by atoms with Crippen molar-refractivity contribution in [2.45, 2.75) is 25.5 Å². The average molecular weight is 202 g/mol. The zero-order valence-electron chi connectivity index (χ0n) is 9.20. The van der Waals surface area contributed by atoms with E-state index in [0.29, 0.717) is 6.10 Å². The molecule has 0 aromatic carbocycles. The molecule has 0 spiro atoms. The van der Waals surface area contributed by atoms with Gasteiger partial charge >= 0.3 is 0 Å². The van der Waals surface area contributed by atoms with Crippen LogP contribution in [0.25, 0.3) is 0 Å². The van der Waals surface area contributed by atoms with Crippen molar-refractivity contribution in [3.8, 4) is 0 Å². The van der Waals surface area contributed by atoms with Gasteiger partial charge in [-0.05, 0) is 13.5 Å². The minimum Gasteiger partial charge on any atom is -0.395 e. The summed E-state index contributed by atoms with van der Waals surface area (Å²) in [7, 11) is 1.89. The number of nitrogens with zero attached hydrogens (tertiary/aromatic N) is 1. The summed E-state index contributed by atoms with van der Waals surface area (Å²) in [5.74, 6) is 0. The molecule has 2 atom stereocenters. The SMILES string of the molecule is CCC1CN(CC(CO)NC)CCO1. The van der Waals surface area contributed by atoms with E-state index in [2.05, 4.69) is 17.1 Å². The van der Waals surface area contributed by atoms with E-state index in [1.54, 1.807) is 0 Å². The molecule has 1 saturated heterocycles. The lowest BCUT2D eigenvalue weighted by atomic mass is 10.2. The molecule has 1 heterocycles. The summed E-state index contributed by atoms with van der Waals surface area (Å²) >= 11 is 0. The van der Waals surface area contributed by atoms with Crippen LogP contribution in [0.3, 0.4) is 0 Å². The second kappa shape index (κ2) is 6.35. The van der Waals surface area contributed by atoms with Gasteiger partial charge in [0.2, 0.25) is 0 Å². The number of ether oxygens (including phenoxy) is 1. The molecule has 1 rings (SSSR count). The molecular formula is C10H22N2O2. The van der Waals surface area contributed by atoms with Crippen LogP contribution in [0.15, 0.2) is 0 Å². The number of rotatable bonds is 5. The van der Waals surface area contributed by atoms with Crippen LogP contribution in [-0.4, -0.2) is 62.0 Å². The Morgan fingerprint density at radius 2 is 2.43 bits per heavy atom. The summed E-state index contributed by atoms with van der Waals surface area (Å²) in [4.78, 5) is 2.36. The lowest BCUT2D eigenvalue weighted by molar-refractivity contribution is -0.0335. The van der Waals surface area contributed by atoms with Crippen molar-refractivity contribution in [2.24, 2.45) is 0 Å². The lowest BCUT2D eigenvalue weighted by Gasteiger charge is -2.34. The van der Waals surface area contributed by atoms with Crippen LogP contribution in [0, 0.1) is 0 Å². The third-order valence-corrected chi connectivity index (χ3v) is 2.79. The molecule has 0 saturated carbocycles. The van der Waals surface area contributed by atoms with Crippen LogP contribution in [0.1, 0.15) is 13.3 Å². The molecule has 4 nitrogen and oxygen atoms in total. The second-order valence-electron chi connectivity index (χ2n) is 3.83. The van der Waals surface area contributed by atoms with Gasteiger partial charge in [-0.15, -0.1) is 0 Å². The van der Waals surface area contributed by atoms with E-state index in [0.717, 1.165) is 32.7 Å². The van der Waals surface area contributed by atoms with Crippen molar-refractivity contribution in [2.75, 3.05) is 39.9 Å². The third-order valence-electron chi connectivity index (χ3n) is 2.79. The standard InChI is InChI=1S/C10H22N2O2/c1-3-10-7-12(4-5-14-10)6-9(8-13)11-2/h9-11,13H,3-8H2,1-2H3. The first-order valence-corrected chi connectivity index (χ1v) is 5.42. The maximum atomic E-state index is 9.06. The minimum atomic E-state index is 0.186. The van der Waals surface area contributed by atoms with Crippen molar-refractivity contribution in [3.63, 3.8) is 0 Å². The van der Waals surface area contributed by atoms with E-state index < -0.39 is 0 Å². The highest BCUT2D eigenvalue weighted by molar-refractivity contribution is 4.75. The van der Waals surface area contributed by atoms with E-state index in [9.17, 15) is 0 Å². The van der Waals surface area contributed by atoms with Gasteiger partial charge in [0.15, 0.2) is 0 Å². The number of nitrogens with one attached hydrogen (secondary N) is 1. The number of aliphatic hydroxyl groups excluding tert-OH is 1. The molecule has 14 heavy (non-hydrogen) atoms. The smallest absolute Gasteiger partial charge is 0.0700 e. The van der Waals surface area contributed by atoms with Crippen molar-refractivity contribution >= 4 is 0 Å². The van der Waals surface area contributed by atoms with Gasteiger partial charge in [0, 0.05) is 25.7 Å². The largest absolute Gasteiger partial charge is 0.395 e. The molecule has 0 radical (unpaired) electrons. The molecule has 0 aliphatic carbocycles. The summed E-state index contributed by atoms with van der Waals surface area (Å²) in [6.07, 6.45) is 1.44. The predicted octanol–water partition coefficient (Wildman–Crippen LogP) is -0.322. The summed E-state index contributed by atoms with van der Waals surface area (Å²) in [6, 6.07) is 0.186. The molecule has 1 aliphatic rings. The number of likely N-dealkylation sites (N-methyl/N-ethyl adjacent to an activating group) is 1. The molecule has 1 aliphatic heterocycles. The fraction of sp³-hybridized carbons (Fsp3) is 1.00. The molecule has 0 bridgehead atoms. The van der Waals surface area contributed by atoms with Crippen LogP contribution in [-0.2, 0) is 4.74 Å². The quantitative estimate of drug-likeness (QED) is 0.641. The Kier molecular flexibility index (Phi) is 5.40. The average Bonchev–Trinajstić information content (AvgIpc) is 2.26. The van der Waals surface area contributed by atoms with Crippen LogP contribution in [0.4, 0.5) is 0 Å². The molecule has 84 valence electrons. The van der Waals surface area contributed by atoms with E-state index in [4.69, 9.17) is 9.84 Å². The fourth-order valence-corrected chi connectivity index (χ4v) is 1.75. The predicted molar refractivity (Wildman–Crippen MR) is 56.4 cm³/mol. The molecule has 2 unspecified atom stereocenters. The van der Waals surface area contributed by atoms with Crippen LogP contribution < -0.4 is 5.32 Å². The molecule has 4 heteroatoms. The number of hydrogen-bond donors (Lipinski definition) is 2. The van der Waals surface area contributed by atoms with Crippen molar-refractivity contribution in [3.05, 3.63) is 0 Å². The molecule has 0 amide bonds. The zero-order valence-corrected chi connectivity index (χ0v) is 9.20. The van der Waals surface area contributed by atoms with Gasteiger partial charge in [0.05, 0.1) is 19.3 Å². The second-order valence-corrected chi connectivity index (χ2v) is 3.83. The number of morpholine rings is 1. The first-order valence-electron chi connectivity index (χ1n) is 5.42. The van der Waals surface area contributed by atoms with Gasteiger partial charge in [-0.2, -0.15) is 0 Å². The van der Waals surface area contributed by atoms with E-state index in [1.807, 2.05) is 7.05 Å². The highest BCUT2D eigenvalue weighted by atomic mass is 16.5. The molecule has 0 aromatic heterocycles. The Bertz CT molecular complexity index is 151. The maximum Gasteiger partial charge on any atom is 0.0700 e. The summed E-state index contributed by atoms with van der Waals surface area (Å²) in [5.41, 5.74) is 0. The number of aliphatic hydroxyl groups is 1. The van der Waals surface area contributed by atoms with E-state index >= 15 is 0 Å². The van der Waals surface area contributed by atoms with Crippen LogP contribution >= 0.6 is 0 Å². The normalized spacial score (nSPS) is 26.4. The highest BCUT2D eigenvalue weighted by Gasteiger charge is 2.20. The lowest BCUT2D eigenvalue weighted by Crippen LogP contribution is -2.48. The first kappa shape index (κ1) is 11.9. The Labute approximate surface area is 86.2 Å². The zero-order chi connectivity index (χ0) is 10.4. The molecule has 2 N–H and O–H groups in total. The highest BCUT2D eigenvalue weighted by Crippen LogP contribution is 2.08. The van der Waals surface area contributed by atoms with E-state index in [1.165, 1.54) is 0 Å². The van der Waals surface area contributed by atoms with Gasteiger partial charge in [-0.3, -0.25) is 4.90 Å². The van der Waals surface area contributed by atoms with Gasteiger partial charge in [0.1, 0.15) is 0 Å². The first-order chi connectivity index (χ1) is 6.80. The Balaban J connectivity index is 2.29. The van der Waals surface area contributed by atoms with Gasteiger partial charge in [-0.1, -0.05) is 6.92 Å². The van der Waals surface area contributed by atoms with Gasteiger partial charge < -0.3 is 15.2 Å². The number of hydrogen-bond acceptors (Lipinski definition) is 4. The van der Waals surface area contributed by atoms with Crippen LogP contribution in [0.5, 0.6) is 0 Å². The van der Waals surface area contributed by atoms with E-state index in [-0.39, 0.29) is 12.6 Å². The van der Waals surface area contributed by atoms with Gasteiger partial charge in [-0.25, -0.2) is 0 Å². The summed E-state index contributed by atoms with van der Waals surface area (Å²) in [5, 5.41) is 12.2.